The predicted octanol–water partition coefficient (Wildman–Crippen LogP) is 1.81. The number of nitrogen functional groups attached to an aromatic ring is 1. The van der Waals surface area contributed by atoms with Gasteiger partial charge in [0.05, 0.1) is 5.69 Å². The predicted molar refractivity (Wildman–Crippen MR) is 59.7 cm³/mol. The number of hydrogen-bond acceptors (Lipinski definition) is 3. The Kier molecular flexibility index (Phi) is 2.62. The Bertz CT molecular complexity index is 597. The number of hydrogen-bond donors (Lipinski definition) is 2. The second kappa shape index (κ2) is 3.94. The standard InChI is InChI=1S/C10H7ClFN3O/c11-5-1-2-7(12)6(3-5)9-4-8(13)10(16)15-14-9/h1-4H,(H2,13,14)(H,15,16). The molecule has 1 aromatic carbocycles. The third kappa shape index (κ3) is 1.90. The lowest BCUT2D eigenvalue weighted by molar-refractivity contribution is 0.630. The lowest BCUT2D eigenvalue weighted by Gasteiger charge is -2.03. The van der Waals surface area contributed by atoms with E-state index in [1.54, 1.807) is 0 Å². The molecule has 0 amide bonds. The lowest BCUT2D eigenvalue weighted by Crippen LogP contribution is -2.13. The van der Waals surface area contributed by atoms with E-state index < -0.39 is 11.4 Å². The average Bonchev–Trinajstić information content (AvgIpc) is 2.26. The van der Waals surface area contributed by atoms with Crippen molar-refractivity contribution in [1.82, 2.24) is 10.2 Å². The van der Waals surface area contributed by atoms with Crippen molar-refractivity contribution in [3.8, 4) is 11.3 Å². The molecule has 16 heavy (non-hydrogen) atoms. The van der Waals surface area contributed by atoms with Crippen molar-refractivity contribution in [2.24, 2.45) is 0 Å². The van der Waals surface area contributed by atoms with Gasteiger partial charge < -0.3 is 5.73 Å². The number of H-pyrrole nitrogens is 1. The normalized spacial score (nSPS) is 10.4. The van der Waals surface area contributed by atoms with Crippen LogP contribution < -0.4 is 11.3 Å². The smallest absolute Gasteiger partial charge is 0.287 e. The first-order chi connectivity index (χ1) is 7.58. The summed E-state index contributed by atoms with van der Waals surface area (Å²) in [4.78, 5) is 11.0. The van der Waals surface area contributed by atoms with Crippen molar-refractivity contribution in [2.75, 3.05) is 5.73 Å². The SMILES string of the molecule is Nc1cc(-c2cc(Cl)ccc2F)n[nH]c1=O. The van der Waals surface area contributed by atoms with E-state index in [4.69, 9.17) is 17.3 Å². The van der Waals surface area contributed by atoms with Crippen molar-refractivity contribution in [1.29, 1.82) is 0 Å². The van der Waals surface area contributed by atoms with Gasteiger partial charge in [-0.05, 0) is 24.3 Å². The van der Waals surface area contributed by atoms with E-state index in [-0.39, 0.29) is 16.9 Å². The minimum atomic E-state index is -0.508. The molecule has 82 valence electrons. The van der Waals surface area contributed by atoms with Gasteiger partial charge in [-0.25, -0.2) is 9.49 Å². The molecule has 0 saturated heterocycles. The second-order valence-corrected chi connectivity index (χ2v) is 3.60. The van der Waals surface area contributed by atoms with E-state index in [9.17, 15) is 9.18 Å². The van der Waals surface area contributed by atoms with Crippen molar-refractivity contribution in [3.63, 3.8) is 0 Å². The first-order valence-corrected chi connectivity index (χ1v) is 4.76. The quantitative estimate of drug-likeness (QED) is 0.797. The van der Waals surface area contributed by atoms with E-state index in [1.807, 2.05) is 0 Å². The Morgan fingerprint density at radius 1 is 1.38 bits per heavy atom. The second-order valence-electron chi connectivity index (χ2n) is 3.16. The van der Waals surface area contributed by atoms with Crippen LogP contribution in [0, 0.1) is 5.82 Å². The molecule has 0 saturated carbocycles. The maximum atomic E-state index is 13.5. The molecule has 4 nitrogen and oxygen atoms in total. The van der Waals surface area contributed by atoms with Gasteiger partial charge in [-0.2, -0.15) is 5.10 Å². The number of nitrogens with one attached hydrogen (secondary N) is 1. The van der Waals surface area contributed by atoms with Crippen LogP contribution in [0.15, 0.2) is 29.1 Å². The summed E-state index contributed by atoms with van der Waals surface area (Å²) in [6.45, 7) is 0. The number of rotatable bonds is 1. The molecule has 2 rings (SSSR count). The average molecular weight is 240 g/mol. The van der Waals surface area contributed by atoms with Gasteiger partial charge in [-0.15, -0.1) is 0 Å². The zero-order chi connectivity index (χ0) is 11.7. The monoisotopic (exact) mass is 239 g/mol. The summed E-state index contributed by atoms with van der Waals surface area (Å²) in [6.07, 6.45) is 0. The third-order valence-corrected chi connectivity index (χ3v) is 2.27. The number of halogens is 2. The number of aromatic amines is 1. The Labute approximate surface area is 94.9 Å². The zero-order valence-electron chi connectivity index (χ0n) is 8.00. The zero-order valence-corrected chi connectivity index (χ0v) is 8.75. The topological polar surface area (TPSA) is 71.8 Å². The molecular weight excluding hydrogens is 233 g/mol. The Hall–Kier alpha value is -1.88. The van der Waals surface area contributed by atoms with Gasteiger partial charge >= 0.3 is 0 Å². The van der Waals surface area contributed by atoms with Gasteiger partial charge in [0.1, 0.15) is 11.5 Å². The Balaban J connectivity index is 2.62. The molecule has 0 spiro atoms. The summed E-state index contributed by atoms with van der Waals surface area (Å²) < 4.78 is 13.5. The van der Waals surface area contributed by atoms with Crippen LogP contribution in [-0.2, 0) is 0 Å². The fourth-order valence-corrected chi connectivity index (χ4v) is 1.42. The molecule has 0 aliphatic heterocycles. The Morgan fingerprint density at radius 2 is 2.12 bits per heavy atom. The van der Waals surface area contributed by atoms with Gasteiger partial charge in [-0.1, -0.05) is 11.6 Å². The molecule has 2 aromatic rings. The van der Waals surface area contributed by atoms with Crippen LogP contribution in [0.4, 0.5) is 10.1 Å². The maximum Gasteiger partial charge on any atom is 0.287 e. The van der Waals surface area contributed by atoms with E-state index in [1.165, 1.54) is 24.3 Å². The number of nitrogens with zero attached hydrogens (tertiary/aromatic N) is 1. The number of benzene rings is 1. The van der Waals surface area contributed by atoms with E-state index in [0.717, 1.165) is 0 Å². The van der Waals surface area contributed by atoms with Crippen molar-refractivity contribution < 1.29 is 4.39 Å². The first kappa shape index (κ1) is 10.6. The molecule has 0 aliphatic rings. The highest BCUT2D eigenvalue weighted by Crippen LogP contribution is 2.24. The van der Waals surface area contributed by atoms with Crippen molar-refractivity contribution in [3.05, 3.63) is 45.5 Å². The third-order valence-electron chi connectivity index (χ3n) is 2.04. The molecule has 0 fully saturated rings. The highest BCUT2D eigenvalue weighted by Gasteiger charge is 2.08. The fraction of sp³-hybridized carbons (Fsp3) is 0. The molecule has 1 aromatic heterocycles. The first-order valence-electron chi connectivity index (χ1n) is 4.38. The molecule has 0 radical (unpaired) electrons. The molecule has 0 bridgehead atoms. The molecule has 1 heterocycles. The highest BCUT2D eigenvalue weighted by atomic mass is 35.5. The summed E-state index contributed by atoms with van der Waals surface area (Å²) in [6, 6.07) is 5.36. The van der Waals surface area contributed by atoms with E-state index in [0.29, 0.717) is 5.02 Å². The van der Waals surface area contributed by atoms with E-state index >= 15 is 0 Å². The summed E-state index contributed by atoms with van der Waals surface area (Å²) in [7, 11) is 0. The summed E-state index contributed by atoms with van der Waals surface area (Å²) in [5.74, 6) is -0.483. The molecule has 0 unspecified atom stereocenters. The van der Waals surface area contributed by atoms with Crippen LogP contribution in [0.2, 0.25) is 5.02 Å². The minimum absolute atomic E-state index is 0.0237. The van der Waals surface area contributed by atoms with Crippen LogP contribution in [0.1, 0.15) is 0 Å². The van der Waals surface area contributed by atoms with E-state index in [2.05, 4.69) is 10.2 Å². The van der Waals surface area contributed by atoms with Crippen LogP contribution in [0.25, 0.3) is 11.3 Å². The molecular formula is C10H7ClFN3O. The summed E-state index contributed by atoms with van der Waals surface area (Å²) in [5, 5.41) is 6.25. The maximum absolute atomic E-state index is 13.5. The molecule has 3 N–H and O–H groups in total. The van der Waals surface area contributed by atoms with Gasteiger partial charge in [0.2, 0.25) is 0 Å². The lowest BCUT2D eigenvalue weighted by atomic mass is 10.1. The van der Waals surface area contributed by atoms with Gasteiger partial charge in [0, 0.05) is 10.6 Å². The van der Waals surface area contributed by atoms with Crippen LogP contribution >= 0.6 is 11.6 Å². The van der Waals surface area contributed by atoms with Crippen molar-refractivity contribution in [2.45, 2.75) is 0 Å². The minimum Gasteiger partial charge on any atom is -0.394 e. The van der Waals surface area contributed by atoms with Crippen LogP contribution in [-0.4, -0.2) is 10.2 Å². The molecule has 0 aliphatic carbocycles. The molecule has 6 heteroatoms. The van der Waals surface area contributed by atoms with Gasteiger partial charge in [0.15, 0.2) is 0 Å². The largest absolute Gasteiger partial charge is 0.394 e. The number of nitrogens with two attached hydrogens (primary N) is 1. The summed E-state index contributed by atoms with van der Waals surface area (Å²) in [5.41, 5.74) is 5.30. The van der Waals surface area contributed by atoms with Gasteiger partial charge in [0.25, 0.3) is 5.56 Å². The van der Waals surface area contributed by atoms with Crippen molar-refractivity contribution >= 4 is 17.3 Å². The number of aromatic nitrogens is 2. The number of anilines is 1. The van der Waals surface area contributed by atoms with Crippen LogP contribution in [0.3, 0.4) is 0 Å². The summed E-state index contributed by atoms with van der Waals surface area (Å²) >= 11 is 5.74. The van der Waals surface area contributed by atoms with Gasteiger partial charge in [-0.3, -0.25) is 4.79 Å². The fourth-order valence-electron chi connectivity index (χ4n) is 1.25. The Morgan fingerprint density at radius 3 is 2.81 bits per heavy atom. The highest BCUT2D eigenvalue weighted by molar-refractivity contribution is 6.30. The van der Waals surface area contributed by atoms with Crippen LogP contribution in [0.5, 0.6) is 0 Å². The molecule has 0 atom stereocenters.